The lowest BCUT2D eigenvalue weighted by molar-refractivity contribution is -0.152. The van der Waals surface area contributed by atoms with E-state index in [1.807, 2.05) is 35.7 Å². The van der Waals surface area contributed by atoms with Crippen LogP contribution in [-0.2, 0) is 16.1 Å². The maximum atomic E-state index is 12.1. The van der Waals surface area contributed by atoms with Crippen molar-refractivity contribution in [1.29, 1.82) is 0 Å². The smallest absolute Gasteiger partial charge is 0.347 e. The van der Waals surface area contributed by atoms with Crippen LogP contribution in [0.15, 0.2) is 60.0 Å². The number of nitrogens with zero attached hydrogens (tertiary/aromatic N) is 1. The first-order valence-corrected chi connectivity index (χ1v) is 9.01. The minimum Gasteiger partial charge on any atom is -0.497 e. The van der Waals surface area contributed by atoms with E-state index < -0.39 is 12.1 Å². The molecule has 3 rings (SSSR count). The molecule has 0 amide bonds. The van der Waals surface area contributed by atoms with Crippen molar-refractivity contribution >= 4 is 17.3 Å². The zero-order valence-electron chi connectivity index (χ0n) is 14.5. The summed E-state index contributed by atoms with van der Waals surface area (Å²) in [7, 11) is 1.59. The normalized spacial score (nSPS) is 11.6. The summed E-state index contributed by atoms with van der Waals surface area (Å²) in [6.07, 6.45) is -0.712. The second-order valence-corrected chi connectivity index (χ2v) is 6.41. The molecule has 0 saturated carbocycles. The van der Waals surface area contributed by atoms with Crippen molar-refractivity contribution < 1.29 is 19.0 Å². The first kappa shape index (κ1) is 17.9. The average Bonchev–Trinajstić information content (AvgIpc) is 3.16. The molecule has 134 valence electrons. The van der Waals surface area contributed by atoms with Crippen LogP contribution in [0.5, 0.6) is 11.5 Å². The molecular weight excluding hydrogens is 350 g/mol. The zero-order valence-corrected chi connectivity index (χ0v) is 15.4. The van der Waals surface area contributed by atoms with E-state index in [0.29, 0.717) is 5.75 Å². The van der Waals surface area contributed by atoms with Gasteiger partial charge in [-0.2, -0.15) is 0 Å². The third kappa shape index (κ3) is 4.61. The van der Waals surface area contributed by atoms with Crippen molar-refractivity contribution in [2.24, 2.45) is 0 Å². The molecule has 0 aliphatic carbocycles. The number of carbonyl (C=O) groups excluding carboxylic acids is 1. The van der Waals surface area contributed by atoms with Gasteiger partial charge in [-0.3, -0.25) is 0 Å². The minimum absolute atomic E-state index is 0.123. The number of esters is 1. The number of rotatable bonds is 7. The summed E-state index contributed by atoms with van der Waals surface area (Å²) >= 11 is 1.52. The maximum absolute atomic E-state index is 12.1. The van der Waals surface area contributed by atoms with E-state index >= 15 is 0 Å². The Labute approximate surface area is 156 Å². The van der Waals surface area contributed by atoms with Crippen molar-refractivity contribution in [2.75, 3.05) is 7.11 Å². The summed E-state index contributed by atoms with van der Waals surface area (Å²) in [5.41, 5.74) is 1.77. The third-order valence-corrected chi connectivity index (χ3v) is 4.58. The van der Waals surface area contributed by atoms with Gasteiger partial charge in [-0.05, 0) is 31.2 Å². The lowest BCUT2D eigenvalue weighted by Gasteiger charge is -2.13. The molecule has 0 aliphatic rings. The average molecular weight is 369 g/mol. The van der Waals surface area contributed by atoms with Gasteiger partial charge in [0.25, 0.3) is 0 Å². The van der Waals surface area contributed by atoms with Crippen LogP contribution in [0.25, 0.3) is 10.6 Å². The van der Waals surface area contributed by atoms with Gasteiger partial charge < -0.3 is 14.2 Å². The molecule has 26 heavy (non-hydrogen) atoms. The third-order valence-electron chi connectivity index (χ3n) is 3.64. The van der Waals surface area contributed by atoms with Gasteiger partial charge in [-0.1, -0.05) is 30.3 Å². The number of hydrogen-bond acceptors (Lipinski definition) is 6. The standard InChI is InChI=1S/C20H19NO4S/c1-14(25-18-10-8-17(23-2)9-11-18)20(22)24-12-16-13-26-19(21-16)15-6-4-3-5-7-15/h3-11,13-14H,12H2,1-2H3. The Hall–Kier alpha value is -2.86. The summed E-state index contributed by atoms with van der Waals surface area (Å²) in [5, 5.41) is 2.80. The molecule has 3 aromatic rings. The molecule has 0 bridgehead atoms. The van der Waals surface area contributed by atoms with E-state index in [2.05, 4.69) is 4.98 Å². The van der Waals surface area contributed by atoms with Gasteiger partial charge in [0.1, 0.15) is 23.1 Å². The molecule has 1 unspecified atom stereocenters. The number of methoxy groups -OCH3 is 1. The number of aromatic nitrogens is 1. The van der Waals surface area contributed by atoms with Crippen LogP contribution in [0.1, 0.15) is 12.6 Å². The summed E-state index contributed by atoms with van der Waals surface area (Å²) in [5.74, 6) is 0.871. The van der Waals surface area contributed by atoms with E-state index in [1.54, 1.807) is 38.3 Å². The molecule has 5 nitrogen and oxygen atoms in total. The van der Waals surface area contributed by atoms with Crippen LogP contribution < -0.4 is 9.47 Å². The number of hydrogen-bond donors (Lipinski definition) is 0. The second-order valence-electron chi connectivity index (χ2n) is 5.55. The topological polar surface area (TPSA) is 57.7 Å². The molecular formula is C20H19NO4S. The zero-order chi connectivity index (χ0) is 18.4. The van der Waals surface area contributed by atoms with Crippen LogP contribution in [0.3, 0.4) is 0 Å². The van der Waals surface area contributed by atoms with Crippen LogP contribution in [0.2, 0.25) is 0 Å². The second kappa shape index (κ2) is 8.49. The Bertz CT molecular complexity index is 846. The molecule has 1 aromatic heterocycles. The number of ether oxygens (including phenoxy) is 3. The molecule has 0 radical (unpaired) electrons. The van der Waals surface area contributed by atoms with E-state index in [1.165, 1.54) is 11.3 Å². The van der Waals surface area contributed by atoms with Crippen molar-refractivity contribution in [3.63, 3.8) is 0 Å². The van der Waals surface area contributed by atoms with Gasteiger partial charge in [0.2, 0.25) is 0 Å². The molecule has 1 atom stereocenters. The van der Waals surface area contributed by atoms with Crippen LogP contribution in [-0.4, -0.2) is 24.2 Å². The Balaban J connectivity index is 1.52. The van der Waals surface area contributed by atoms with Gasteiger partial charge in [-0.15, -0.1) is 11.3 Å². The highest BCUT2D eigenvalue weighted by atomic mass is 32.1. The van der Waals surface area contributed by atoms with E-state index in [4.69, 9.17) is 14.2 Å². The van der Waals surface area contributed by atoms with Gasteiger partial charge in [0.05, 0.1) is 12.8 Å². The highest BCUT2D eigenvalue weighted by Gasteiger charge is 2.17. The monoisotopic (exact) mass is 369 g/mol. The van der Waals surface area contributed by atoms with Crippen LogP contribution in [0, 0.1) is 0 Å². The van der Waals surface area contributed by atoms with Crippen LogP contribution in [0.4, 0.5) is 0 Å². The van der Waals surface area contributed by atoms with Gasteiger partial charge >= 0.3 is 5.97 Å². The first-order valence-electron chi connectivity index (χ1n) is 8.13. The summed E-state index contributed by atoms with van der Waals surface area (Å²) in [4.78, 5) is 16.6. The molecule has 0 spiro atoms. The van der Waals surface area contributed by atoms with Crippen LogP contribution >= 0.6 is 11.3 Å². The van der Waals surface area contributed by atoms with E-state index in [-0.39, 0.29) is 6.61 Å². The van der Waals surface area contributed by atoms with E-state index in [9.17, 15) is 4.79 Å². The largest absolute Gasteiger partial charge is 0.497 e. The van der Waals surface area contributed by atoms with Crippen molar-refractivity contribution in [1.82, 2.24) is 4.98 Å². The van der Waals surface area contributed by atoms with Crippen molar-refractivity contribution in [3.8, 4) is 22.1 Å². The maximum Gasteiger partial charge on any atom is 0.347 e. The Morgan fingerprint density at radius 2 is 1.77 bits per heavy atom. The first-order chi connectivity index (χ1) is 12.7. The fourth-order valence-electron chi connectivity index (χ4n) is 2.26. The number of benzene rings is 2. The molecule has 6 heteroatoms. The molecule has 0 fully saturated rings. The van der Waals surface area contributed by atoms with Gasteiger partial charge in [-0.25, -0.2) is 9.78 Å². The number of carbonyl (C=O) groups is 1. The lowest BCUT2D eigenvalue weighted by atomic mass is 10.2. The summed E-state index contributed by atoms with van der Waals surface area (Å²) in [6, 6.07) is 16.9. The van der Waals surface area contributed by atoms with E-state index in [0.717, 1.165) is 22.0 Å². The lowest BCUT2D eigenvalue weighted by Crippen LogP contribution is -2.26. The summed E-state index contributed by atoms with van der Waals surface area (Å²) in [6.45, 7) is 1.78. The fraction of sp³-hybridized carbons (Fsp3) is 0.200. The highest BCUT2D eigenvalue weighted by molar-refractivity contribution is 7.13. The Morgan fingerprint density at radius 1 is 1.08 bits per heavy atom. The van der Waals surface area contributed by atoms with Crippen molar-refractivity contribution in [3.05, 3.63) is 65.7 Å². The highest BCUT2D eigenvalue weighted by Crippen LogP contribution is 2.24. The SMILES string of the molecule is COc1ccc(OC(C)C(=O)OCc2csc(-c3ccccc3)n2)cc1. The quantitative estimate of drug-likeness (QED) is 0.580. The Morgan fingerprint density at radius 3 is 2.46 bits per heavy atom. The summed E-state index contributed by atoms with van der Waals surface area (Å²) < 4.78 is 16.0. The predicted molar refractivity (Wildman–Crippen MR) is 100 cm³/mol. The molecule has 2 aromatic carbocycles. The molecule has 1 heterocycles. The van der Waals surface area contributed by atoms with Crippen molar-refractivity contribution in [2.45, 2.75) is 19.6 Å². The fourth-order valence-corrected chi connectivity index (χ4v) is 3.07. The molecule has 0 saturated heterocycles. The van der Waals surface area contributed by atoms with Gasteiger partial charge in [0.15, 0.2) is 6.10 Å². The molecule has 0 N–H and O–H groups in total. The molecule has 0 aliphatic heterocycles. The Kier molecular flexibility index (Phi) is 5.86. The predicted octanol–water partition coefficient (Wildman–Crippen LogP) is 4.33. The van der Waals surface area contributed by atoms with Gasteiger partial charge in [0, 0.05) is 10.9 Å². The number of thiazole rings is 1. The minimum atomic E-state index is -0.712.